The van der Waals surface area contributed by atoms with Gasteiger partial charge in [0, 0.05) is 11.8 Å². The summed E-state index contributed by atoms with van der Waals surface area (Å²) in [6, 6.07) is 0. The van der Waals surface area contributed by atoms with Crippen molar-refractivity contribution in [3.05, 3.63) is 11.8 Å². The van der Waals surface area contributed by atoms with Crippen molar-refractivity contribution < 1.29 is 4.79 Å². The highest BCUT2D eigenvalue weighted by Crippen LogP contribution is 2.14. The van der Waals surface area contributed by atoms with Gasteiger partial charge in [-0.05, 0) is 0 Å². The van der Waals surface area contributed by atoms with Gasteiger partial charge in [0.15, 0.2) is 5.82 Å². The van der Waals surface area contributed by atoms with E-state index in [9.17, 15) is 4.79 Å². The van der Waals surface area contributed by atoms with Crippen molar-refractivity contribution in [3.63, 3.8) is 0 Å². The standard InChI is InChI=1S/C8H12Cl2N6O/c9-1-3-16(4-2-10)15-14-8-6(7(11)17)5-12-13-8/h5H,1-4H2,(H2,11,17)(H,12,13)/b15-14+. The number of halogens is 2. The second-order valence-corrected chi connectivity index (χ2v) is 3.77. The van der Waals surface area contributed by atoms with Crippen molar-refractivity contribution in [2.24, 2.45) is 16.1 Å². The first kappa shape index (κ1) is 13.7. The van der Waals surface area contributed by atoms with Crippen LogP contribution < -0.4 is 5.73 Å². The monoisotopic (exact) mass is 278 g/mol. The Labute approximate surface area is 108 Å². The molecule has 0 aliphatic rings. The molecule has 3 N–H and O–H groups in total. The van der Waals surface area contributed by atoms with Gasteiger partial charge in [-0.2, -0.15) is 5.10 Å². The van der Waals surface area contributed by atoms with Crippen LogP contribution in [0.3, 0.4) is 0 Å². The molecule has 1 rings (SSSR count). The fourth-order valence-electron chi connectivity index (χ4n) is 1.04. The third kappa shape index (κ3) is 4.20. The van der Waals surface area contributed by atoms with E-state index in [1.165, 1.54) is 6.20 Å². The van der Waals surface area contributed by atoms with Crippen molar-refractivity contribution in [1.82, 2.24) is 15.2 Å². The Morgan fingerprint density at radius 1 is 1.47 bits per heavy atom. The molecule has 7 nitrogen and oxygen atoms in total. The molecule has 1 heterocycles. The molecule has 1 amide bonds. The molecule has 17 heavy (non-hydrogen) atoms. The molecule has 0 fully saturated rings. The third-order valence-corrected chi connectivity index (χ3v) is 2.18. The minimum Gasteiger partial charge on any atom is -0.365 e. The first-order valence-corrected chi connectivity index (χ1v) is 5.87. The van der Waals surface area contributed by atoms with Crippen molar-refractivity contribution in [2.75, 3.05) is 24.8 Å². The summed E-state index contributed by atoms with van der Waals surface area (Å²) in [4.78, 5) is 11.0. The predicted octanol–water partition coefficient (Wildman–Crippen LogP) is 1.29. The highest BCUT2D eigenvalue weighted by Gasteiger charge is 2.10. The van der Waals surface area contributed by atoms with Crippen LogP contribution in [0.1, 0.15) is 10.4 Å². The molecule has 0 spiro atoms. The maximum atomic E-state index is 11.0. The van der Waals surface area contributed by atoms with Gasteiger partial charge < -0.3 is 5.73 Å². The smallest absolute Gasteiger partial charge is 0.254 e. The number of amides is 1. The largest absolute Gasteiger partial charge is 0.365 e. The average molecular weight is 279 g/mol. The molecular formula is C8H12Cl2N6O. The molecule has 0 aliphatic carbocycles. The summed E-state index contributed by atoms with van der Waals surface area (Å²) in [5.41, 5.74) is 5.31. The number of nitrogens with one attached hydrogen (secondary N) is 1. The normalized spacial score (nSPS) is 10.9. The van der Waals surface area contributed by atoms with E-state index < -0.39 is 5.91 Å². The molecule has 0 atom stereocenters. The van der Waals surface area contributed by atoms with Crippen LogP contribution in [0.2, 0.25) is 0 Å². The highest BCUT2D eigenvalue weighted by atomic mass is 35.5. The Morgan fingerprint density at radius 2 is 2.12 bits per heavy atom. The molecule has 0 aliphatic heterocycles. The summed E-state index contributed by atoms with van der Waals surface area (Å²) in [5, 5.41) is 15.5. The van der Waals surface area contributed by atoms with Crippen LogP contribution in [0.4, 0.5) is 5.82 Å². The van der Waals surface area contributed by atoms with Gasteiger partial charge in [-0.1, -0.05) is 5.22 Å². The van der Waals surface area contributed by atoms with Gasteiger partial charge in [-0.15, -0.1) is 28.3 Å². The van der Waals surface area contributed by atoms with Gasteiger partial charge in [-0.25, -0.2) is 0 Å². The van der Waals surface area contributed by atoms with Gasteiger partial charge in [0.2, 0.25) is 0 Å². The second kappa shape index (κ2) is 7.08. The molecule has 1 aromatic heterocycles. The number of hydrogen-bond donors (Lipinski definition) is 2. The number of alkyl halides is 2. The number of carbonyl (C=O) groups is 1. The predicted molar refractivity (Wildman–Crippen MR) is 64.6 cm³/mol. The first-order chi connectivity index (χ1) is 8.19. The molecule has 0 bridgehead atoms. The van der Waals surface area contributed by atoms with Crippen LogP contribution in [-0.4, -0.2) is 46.0 Å². The van der Waals surface area contributed by atoms with Gasteiger partial charge in [0.25, 0.3) is 5.91 Å². The fraction of sp³-hybridized carbons (Fsp3) is 0.500. The Balaban J connectivity index is 2.73. The zero-order chi connectivity index (χ0) is 12.7. The van der Waals surface area contributed by atoms with E-state index in [4.69, 9.17) is 28.9 Å². The zero-order valence-electron chi connectivity index (χ0n) is 8.94. The van der Waals surface area contributed by atoms with Crippen molar-refractivity contribution in [3.8, 4) is 0 Å². The number of aromatic amines is 1. The van der Waals surface area contributed by atoms with Gasteiger partial charge in [0.05, 0.1) is 19.3 Å². The van der Waals surface area contributed by atoms with E-state index in [0.717, 1.165) is 0 Å². The maximum Gasteiger partial charge on any atom is 0.254 e. The van der Waals surface area contributed by atoms with Gasteiger partial charge >= 0.3 is 0 Å². The van der Waals surface area contributed by atoms with Crippen LogP contribution in [0, 0.1) is 0 Å². The maximum absolute atomic E-state index is 11.0. The summed E-state index contributed by atoms with van der Waals surface area (Å²) in [7, 11) is 0. The second-order valence-electron chi connectivity index (χ2n) is 3.02. The van der Waals surface area contributed by atoms with Crippen LogP contribution in [0.5, 0.6) is 0 Å². The Morgan fingerprint density at radius 3 is 2.65 bits per heavy atom. The number of nitrogens with two attached hydrogens (primary N) is 1. The molecule has 0 saturated heterocycles. The van der Waals surface area contributed by atoms with E-state index >= 15 is 0 Å². The van der Waals surface area contributed by atoms with E-state index in [2.05, 4.69) is 20.5 Å². The van der Waals surface area contributed by atoms with E-state index in [1.807, 2.05) is 0 Å². The Hall–Kier alpha value is -1.34. The summed E-state index contributed by atoms with van der Waals surface area (Å²) in [6.45, 7) is 1.02. The molecule has 94 valence electrons. The number of hydrogen-bond acceptors (Lipinski definition) is 4. The number of carbonyl (C=O) groups excluding carboxylic acids is 1. The van der Waals surface area contributed by atoms with Gasteiger partial charge in [-0.3, -0.25) is 14.9 Å². The number of H-pyrrole nitrogens is 1. The number of aromatic nitrogens is 2. The van der Waals surface area contributed by atoms with Crippen LogP contribution >= 0.6 is 23.2 Å². The lowest BCUT2D eigenvalue weighted by Crippen LogP contribution is -2.21. The van der Waals surface area contributed by atoms with Crippen molar-refractivity contribution in [1.29, 1.82) is 0 Å². The van der Waals surface area contributed by atoms with Crippen LogP contribution in [-0.2, 0) is 0 Å². The van der Waals surface area contributed by atoms with Gasteiger partial charge in [0.1, 0.15) is 5.56 Å². The molecular weight excluding hydrogens is 267 g/mol. The minimum atomic E-state index is -0.617. The quantitative estimate of drug-likeness (QED) is 0.446. The van der Waals surface area contributed by atoms with Crippen molar-refractivity contribution in [2.45, 2.75) is 0 Å². The highest BCUT2D eigenvalue weighted by molar-refractivity contribution is 6.18. The van der Waals surface area contributed by atoms with Crippen LogP contribution in [0.15, 0.2) is 16.5 Å². The lowest BCUT2D eigenvalue weighted by molar-refractivity contribution is 0.100. The summed E-state index contributed by atoms with van der Waals surface area (Å²) in [5.74, 6) is 0.406. The number of primary amides is 1. The molecule has 0 aromatic carbocycles. The molecule has 1 aromatic rings. The first-order valence-electron chi connectivity index (χ1n) is 4.80. The lowest BCUT2D eigenvalue weighted by Gasteiger charge is -2.13. The topological polar surface area (TPSA) is 99.7 Å². The van der Waals surface area contributed by atoms with E-state index in [1.54, 1.807) is 5.01 Å². The average Bonchev–Trinajstić information content (AvgIpc) is 2.74. The minimum absolute atomic E-state index is 0.186. The molecule has 0 saturated carbocycles. The summed E-state index contributed by atoms with van der Waals surface area (Å²) >= 11 is 11.2. The van der Waals surface area contributed by atoms with E-state index in [-0.39, 0.29) is 11.4 Å². The summed E-state index contributed by atoms with van der Waals surface area (Å²) < 4.78 is 0. The Kier molecular flexibility index (Phi) is 5.71. The zero-order valence-corrected chi connectivity index (χ0v) is 10.4. The molecule has 0 radical (unpaired) electrons. The number of rotatable bonds is 7. The van der Waals surface area contributed by atoms with Crippen molar-refractivity contribution >= 4 is 34.9 Å². The van der Waals surface area contributed by atoms with E-state index in [0.29, 0.717) is 24.8 Å². The number of nitrogens with zero attached hydrogens (tertiary/aromatic N) is 4. The Bertz CT molecular complexity index is 387. The summed E-state index contributed by atoms with van der Waals surface area (Å²) in [6.07, 6.45) is 1.30. The molecule has 0 unspecified atom stereocenters. The lowest BCUT2D eigenvalue weighted by atomic mass is 10.3. The molecule has 9 heteroatoms. The van der Waals surface area contributed by atoms with Crippen LogP contribution in [0.25, 0.3) is 0 Å². The fourth-order valence-corrected chi connectivity index (χ4v) is 1.43. The third-order valence-electron chi connectivity index (χ3n) is 1.84. The SMILES string of the molecule is NC(=O)c1cn[nH]c1/N=N/N(CCCl)CCCl.